The van der Waals surface area contributed by atoms with E-state index in [4.69, 9.17) is 11.6 Å². The highest BCUT2D eigenvalue weighted by Crippen LogP contribution is 2.23. The van der Waals surface area contributed by atoms with Crippen molar-refractivity contribution in [3.05, 3.63) is 45.9 Å². The van der Waals surface area contributed by atoms with Gasteiger partial charge in [-0.15, -0.1) is 5.10 Å². The van der Waals surface area contributed by atoms with Crippen LogP contribution in [-0.2, 0) is 0 Å². The molecule has 0 bridgehead atoms. The Bertz CT molecular complexity index is 540. The van der Waals surface area contributed by atoms with Gasteiger partial charge in [0.05, 0.1) is 12.2 Å². The zero-order chi connectivity index (χ0) is 13.8. The number of rotatable bonds is 4. The SMILES string of the molecule is CC(C)C(NC(=O)c1cnns1)c1ccc(Cl)cc1. The van der Waals surface area contributed by atoms with E-state index in [1.54, 1.807) is 0 Å². The van der Waals surface area contributed by atoms with Gasteiger partial charge in [-0.3, -0.25) is 4.79 Å². The standard InChI is InChI=1S/C13H14ClN3OS/c1-8(2)12(9-3-5-10(14)6-4-9)16-13(18)11-7-15-17-19-11/h3-8,12H,1-2H3,(H,16,18). The summed E-state index contributed by atoms with van der Waals surface area (Å²) in [6.45, 7) is 4.12. The number of carbonyl (C=O) groups is 1. The van der Waals surface area contributed by atoms with Crippen molar-refractivity contribution in [1.29, 1.82) is 0 Å². The average molecular weight is 296 g/mol. The third-order valence-electron chi connectivity index (χ3n) is 2.77. The van der Waals surface area contributed by atoms with Crippen LogP contribution in [0.5, 0.6) is 0 Å². The second kappa shape index (κ2) is 6.12. The first-order chi connectivity index (χ1) is 9.08. The van der Waals surface area contributed by atoms with Crippen LogP contribution in [0.2, 0.25) is 5.02 Å². The molecule has 1 atom stereocenters. The van der Waals surface area contributed by atoms with Gasteiger partial charge >= 0.3 is 0 Å². The summed E-state index contributed by atoms with van der Waals surface area (Å²) >= 11 is 6.97. The summed E-state index contributed by atoms with van der Waals surface area (Å²) in [6.07, 6.45) is 1.47. The summed E-state index contributed by atoms with van der Waals surface area (Å²) in [5.74, 6) is 0.120. The van der Waals surface area contributed by atoms with Gasteiger partial charge < -0.3 is 5.32 Å². The van der Waals surface area contributed by atoms with Crippen molar-refractivity contribution in [3.63, 3.8) is 0 Å². The van der Waals surface area contributed by atoms with Crippen LogP contribution in [0.1, 0.15) is 35.1 Å². The predicted octanol–water partition coefficient (Wildman–Crippen LogP) is 3.32. The van der Waals surface area contributed by atoms with Gasteiger partial charge in [0.1, 0.15) is 4.88 Å². The highest BCUT2D eigenvalue weighted by molar-refractivity contribution is 7.07. The number of halogens is 1. The maximum Gasteiger partial charge on any atom is 0.265 e. The quantitative estimate of drug-likeness (QED) is 0.941. The number of amides is 1. The number of hydrogen-bond donors (Lipinski definition) is 1. The first-order valence-electron chi connectivity index (χ1n) is 5.91. The van der Waals surface area contributed by atoms with Gasteiger partial charge in [-0.1, -0.05) is 42.1 Å². The second-order valence-electron chi connectivity index (χ2n) is 4.53. The minimum absolute atomic E-state index is 0.0631. The second-order valence-corrected chi connectivity index (χ2v) is 5.75. The van der Waals surface area contributed by atoms with Crippen LogP contribution in [0.3, 0.4) is 0 Å². The molecule has 0 saturated carbocycles. The molecule has 0 aliphatic carbocycles. The Morgan fingerprint density at radius 3 is 2.53 bits per heavy atom. The van der Waals surface area contributed by atoms with Crippen LogP contribution >= 0.6 is 23.1 Å². The molecule has 1 aromatic carbocycles. The molecule has 0 saturated heterocycles. The maximum atomic E-state index is 12.1. The lowest BCUT2D eigenvalue weighted by Gasteiger charge is -2.22. The molecule has 0 fully saturated rings. The van der Waals surface area contributed by atoms with Gasteiger partial charge in [-0.2, -0.15) is 0 Å². The van der Waals surface area contributed by atoms with E-state index >= 15 is 0 Å². The normalized spacial score (nSPS) is 12.4. The van der Waals surface area contributed by atoms with E-state index in [9.17, 15) is 4.79 Å². The van der Waals surface area contributed by atoms with Crippen molar-refractivity contribution >= 4 is 29.0 Å². The average Bonchev–Trinajstić information content (AvgIpc) is 2.90. The zero-order valence-corrected chi connectivity index (χ0v) is 12.2. The highest BCUT2D eigenvalue weighted by Gasteiger charge is 2.20. The van der Waals surface area contributed by atoms with E-state index in [1.165, 1.54) is 6.20 Å². The fraction of sp³-hybridized carbons (Fsp3) is 0.308. The third kappa shape index (κ3) is 3.52. The molecule has 2 rings (SSSR count). The highest BCUT2D eigenvalue weighted by atomic mass is 35.5. The van der Waals surface area contributed by atoms with Crippen molar-refractivity contribution < 1.29 is 4.79 Å². The van der Waals surface area contributed by atoms with Crippen LogP contribution < -0.4 is 5.32 Å². The van der Waals surface area contributed by atoms with Gasteiger partial charge in [-0.25, -0.2) is 0 Å². The van der Waals surface area contributed by atoms with Crippen LogP contribution in [0, 0.1) is 5.92 Å². The maximum absolute atomic E-state index is 12.1. The molecule has 1 heterocycles. The summed E-state index contributed by atoms with van der Waals surface area (Å²) in [5.41, 5.74) is 1.03. The molecule has 1 amide bonds. The molecule has 0 aliphatic rings. The molecule has 6 heteroatoms. The molecule has 1 unspecified atom stereocenters. The Morgan fingerprint density at radius 1 is 1.32 bits per heavy atom. The molecule has 0 aliphatic heterocycles. The topological polar surface area (TPSA) is 54.9 Å². The largest absolute Gasteiger partial charge is 0.344 e. The molecule has 2 aromatic rings. The monoisotopic (exact) mass is 295 g/mol. The van der Waals surface area contributed by atoms with Gasteiger partial charge in [-0.05, 0) is 35.1 Å². The number of nitrogens with zero attached hydrogens (tertiary/aromatic N) is 2. The van der Waals surface area contributed by atoms with Crippen molar-refractivity contribution in [2.45, 2.75) is 19.9 Å². The summed E-state index contributed by atoms with van der Waals surface area (Å²) in [7, 11) is 0. The Balaban J connectivity index is 2.17. The van der Waals surface area contributed by atoms with Crippen LogP contribution in [0.25, 0.3) is 0 Å². The zero-order valence-electron chi connectivity index (χ0n) is 10.6. The Hall–Kier alpha value is -1.46. The minimum Gasteiger partial charge on any atom is -0.344 e. The van der Waals surface area contributed by atoms with Crippen LogP contribution in [0.15, 0.2) is 30.5 Å². The predicted molar refractivity (Wildman–Crippen MR) is 76.4 cm³/mol. The smallest absolute Gasteiger partial charge is 0.265 e. The van der Waals surface area contributed by atoms with Gasteiger partial charge in [0, 0.05) is 5.02 Å². The van der Waals surface area contributed by atoms with Crippen molar-refractivity contribution in [2.75, 3.05) is 0 Å². The van der Waals surface area contributed by atoms with Crippen molar-refractivity contribution in [2.24, 2.45) is 5.92 Å². The van der Waals surface area contributed by atoms with Crippen LogP contribution in [0.4, 0.5) is 0 Å². The van der Waals surface area contributed by atoms with E-state index in [2.05, 4.69) is 28.8 Å². The number of nitrogens with one attached hydrogen (secondary N) is 1. The van der Waals surface area contributed by atoms with E-state index in [0.29, 0.717) is 9.90 Å². The van der Waals surface area contributed by atoms with Crippen molar-refractivity contribution in [1.82, 2.24) is 14.9 Å². The first kappa shape index (κ1) is 14.0. The number of benzene rings is 1. The molecule has 19 heavy (non-hydrogen) atoms. The fourth-order valence-electron chi connectivity index (χ4n) is 1.78. The Labute approximate surface area is 121 Å². The molecular formula is C13H14ClN3OS. The molecule has 100 valence electrons. The number of carbonyl (C=O) groups excluding carboxylic acids is 1. The third-order valence-corrected chi connectivity index (χ3v) is 3.68. The Morgan fingerprint density at radius 2 is 2.00 bits per heavy atom. The van der Waals surface area contributed by atoms with Gasteiger partial charge in [0.2, 0.25) is 0 Å². The van der Waals surface area contributed by atoms with Gasteiger partial charge in [0.25, 0.3) is 5.91 Å². The Kier molecular flexibility index (Phi) is 4.50. The summed E-state index contributed by atoms with van der Waals surface area (Å²) in [4.78, 5) is 12.6. The molecule has 4 nitrogen and oxygen atoms in total. The van der Waals surface area contributed by atoms with E-state index in [1.807, 2.05) is 24.3 Å². The molecule has 1 N–H and O–H groups in total. The van der Waals surface area contributed by atoms with Crippen molar-refractivity contribution in [3.8, 4) is 0 Å². The van der Waals surface area contributed by atoms with E-state index in [-0.39, 0.29) is 17.9 Å². The van der Waals surface area contributed by atoms with E-state index in [0.717, 1.165) is 17.1 Å². The number of aromatic nitrogens is 2. The fourth-order valence-corrected chi connectivity index (χ4v) is 2.33. The lowest BCUT2D eigenvalue weighted by molar-refractivity contribution is 0.0929. The molecule has 1 aromatic heterocycles. The lowest BCUT2D eigenvalue weighted by atomic mass is 9.96. The minimum atomic E-state index is -0.149. The summed E-state index contributed by atoms with van der Waals surface area (Å²) in [6, 6.07) is 7.45. The van der Waals surface area contributed by atoms with E-state index < -0.39 is 0 Å². The number of hydrogen-bond acceptors (Lipinski definition) is 4. The van der Waals surface area contributed by atoms with Crippen LogP contribution in [-0.4, -0.2) is 15.5 Å². The molecular weight excluding hydrogens is 282 g/mol. The summed E-state index contributed by atoms with van der Waals surface area (Å²) in [5, 5.41) is 7.36. The molecule has 0 spiro atoms. The van der Waals surface area contributed by atoms with Gasteiger partial charge in [0.15, 0.2) is 0 Å². The molecule has 0 radical (unpaired) electrons. The first-order valence-corrected chi connectivity index (χ1v) is 7.06. The summed E-state index contributed by atoms with van der Waals surface area (Å²) < 4.78 is 3.69. The lowest BCUT2D eigenvalue weighted by Crippen LogP contribution is -2.31.